The van der Waals surface area contributed by atoms with Gasteiger partial charge < -0.3 is 14.5 Å². The number of carbonyl (C=O) groups excluding carboxylic acids is 2. The van der Waals surface area contributed by atoms with E-state index in [1.807, 2.05) is 72.2 Å². The predicted molar refractivity (Wildman–Crippen MR) is 114 cm³/mol. The molecule has 2 atom stereocenters. The minimum absolute atomic E-state index is 0.000887. The molecule has 1 aliphatic rings. The van der Waals surface area contributed by atoms with Crippen LogP contribution in [-0.2, 0) is 4.79 Å². The van der Waals surface area contributed by atoms with Crippen molar-refractivity contribution >= 4 is 22.7 Å². The zero-order valence-electron chi connectivity index (χ0n) is 17.5. The summed E-state index contributed by atoms with van der Waals surface area (Å²) in [6, 6.07) is 14.8. The van der Waals surface area contributed by atoms with Gasteiger partial charge in [0.15, 0.2) is 6.10 Å². The molecule has 0 bridgehead atoms. The van der Waals surface area contributed by atoms with Gasteiger partial charge in [-0.15, -0.1) is 0 Å². The van der Waals surface area contributed by atoms with Crippen LogP contribution in [0, 0.1) is 6.92 Å². The van der Waals surface area contributed by atoms with Gasteiger partial charge in [0.1, 0.15) is 5.75 Å². The first kappa shape index (κ1) is 19.9. The van der Waals surface area contributed by atoms with E-state index in [1.54, 1.807) is 6.92 Å². The highest BCUT2D eigenvalue weighted by Gasteiger charge is 2.33. The maximum absolute atomic E-state index is 13.1. The van der Waals surface area contributed by atoms with E-state index in [0.717, 1.165) is 16.6 Å². The van der Waals surface area contributed by atoms with Crippen molar-refractivity contribution < 1.29 is 14.3 Å². The minimum atomic E-state index is -0.635. The van der Waals surface area contributed by atoms with E-state index in [9.17, 15) is 9.59 Å². The van der Waals surface area contributed by atoms with Crippen molar-refractivity contribution in [3.63, 3.8) is 0 Å². The quantitative estimate of drug-likeness (QED) is 0.722. The highest BCUT2D eigenvalue weighted by molar-refractivity contribution is 5.94. The lowest BCUT2D eigenvalue weighted by Crippen LogP contribution is -2.57. The third-order valence-corrected chi connectivity index (χ3v) is 5.59. The molecule has 1 fully saturated rings. The zero-order chi connectivity index (χ0) is 21.3. The lowest BCUT2D eigenvalue weighted by Gasteiger charge is -2.40. The Morgan fingerprint density at radius 1 is 1.13 bits per heavy atom. The van der Waals surface area contributed by atoms with Crippen molar-refractivity contribution in [1.82, 2.24) is 20.0 Å². The summed E-state index contributed by atoms with van der Waals surface area (Å²) in [6.45, 7) is 7.16. The first-order valence-electron chi connectivity index (χ1n) is 10.2. The molecule has 2 amide bonds. The topological polar surface area (TPSA) is 78.5 Å². The second kappa shape index (κ2) is 8.18. The highest BCUT2D eigenvalue weighted by Crippen LogP contribution is 2.28. The van der Waals surface area contributed by atoms with Gasteiger partial charge in [-0.1, -0.05) is 24.3 Å². The van der Waals surface area contributed by atoms with Crippen LogP contribution in [-0.4, -0.2) is 63.6 Å². The third kappa shape index (κ3) is 3.75. The molecule has 2 heterocycles. The van der Waals surface area contributed by atoms with E-state index in [0.29, 0.717) is 30.9 Å². The first-order valence-corrected chi connectivity index (χ1v) is 10.2. The monoisotopic (exact) mass is 406 g/mol. The number of fused-ring (bicyclic) bond motifs is 1. The SMILES string of the molecule is Cc1[nH]nc2cccc(OC(C)C(=O)N3CCN(C(=O)c4ccccc4)CC3C)c12. The predicted octanol–water partition coefficient (Wildman–Crippen LogP) is 3.01. The maximum atomic E-state index is 13.1. The molecule has 7 heteroatoms. The maximum Gasteiger partial charge on any atom is 0.263 e. The molecule has 0 radical (unpaired) electrons. The van der Waals surface area contributed by atoms with Crippen molar-refractivity contribution in [3.05, 3.63) is 59.8 Å². The minimum Gasteiger partial charge on any atom is -0.480 e. The molecule has 7 nitrogen and oxygen atoms in total. The van der Waals surface area contributed by atoms with Crippen molar-refractivity contribution in [2.45, 2.75) is 32.9 Å². The van der Waals surface area contributed by atoms with Gasteiger partial charge in [0.05, 0.1) is 10.9 Å². The summed E-state index contributed by atoms with van der Waals surface area (Å²) >= 11 is 0. The Morgan fingerprint density at radius 2 is 1.90 bits per heavy atom. The Kier molecular flexibility index (Phi) is 5.44. The molecule has 2 unspecified atom stereocenters. The Morgan fingerprint density at radius 3 is 2.63 bits per heavy atom. The fourth-order valence-corrected chi connectivity index (χ4v) is 3.99. The van der Waals surface area contributed by atoms with E-state index in [4.69, 9.17) is 4.74 Å². The lowest BCUT2D eigenvalue weighted by molar-refractivity contribution is -0.142. The normalized spacial score (nSPS) is 17.8. The Bertz CT molecular complexity index is 1060. The number of aryl methyl sites for hydroxylation is 1. The van der Waals surface area contributed by atoms with Crippen LogP contribution in [0.5, 0.6) is 5.75 Å². The van der Waals surface area contributed by atoms with E-state index in [1.165, 1.54) is 0 Å². The molecule has 1 N–H and O–H groups in total. The molecule has 156 valence electrons. The molecule has 1 aliphatic heterocycles. The second-order valence-corrected chi connectivity index (χ2v) is 7.76. The average Bonchev–Trinajstić information content (AvgIpc) is 3.15. The van der Waals surface area contributed by atoms with Crippen LogP contribution in [0.4, 0.5) is 0 Å². The number of rotatable bonds is 4. The van der Waals surface area contributed by atoms with Gasteiger partial charge in [-0.05, 0) is 45.0 Å². The first-order chi connectivity index (χ1) is 14.5. The average molecular weight is 406 g/mol. The Labute approximate surface area is 175 Å². The number of hydrogen-bond donors (Lipinski definition) is 1. The second-order valence-electron chi connectivity index (χ2n) is 7.76. The van der Waals surface area contributed by atoms with Crippen LogP contribution >= 0.6 is 0 Å². The Balaban J connectivity index is 1.42. The molecule has 1 saturated heterocycles. The van der Waals surface area contributed by atoms with E-state index >= 15 is 0 Å². The summed E-state index contributed by atoms with van der Waals surface area (Å²) in [7, 11) is 0. The summed E-state index contributed by atoms with van der Waals surface area (Å²) in [6.07, 6.45) is -0.635. The standard InChI is InChI=1S/C23H26N4O3/c1-15-14-26(23(29)18-8-5-4-6-9-18)12-13-27(15)22(28)17(3)30-20-11-7-10-19-21(20)16(2)24-25-19/h4-11,15,17H,12-14H2,1-3H3,(H,24,25). The molecular formula is C23H26N4O3. The van der Waals surface area contributed by atoms with Gasteiger partial charge in [-0.3, -0.25) is 14.7 Å². The summed E-state index contributed by atoms with van der Waals surface area (Å²) in [4.78, 5) is 29.4. The molecule has 2 aromatic carbocycles. The summed E-state index contributed by atoms with van der Waals surface area (Å²) in [5.41, 5.74) is 2.39. The van der Waals surface area contributed by atoms with Crippen LogP contribution in [0.15, 0.2) is 48.5 Å². The van der Waals surface area contributed by atoms with Crippen LogP contribution < -0.4 is 4.74 Å². The number of carbonyl (C=O) groups is 2. The zero-order valence-corrected chi connectivity index (χ0v) is 17.5. The lowest BCUT2D eigenvalue weighted by atomic mass is 10.1. The highest BCUT2D eigenvalue weighted by atomic mass is 16.5. The molecule has 3 aromatic rings. The summed E-state index contributed by atoms with van der Waals surface area (Å²) in [5, 5.41) is 8.09. The van der Waals surface area contributed by atoms with E-state index < -0.39 is 6.10 Å². The summed E-state index contributed by atoms with van der Waals surface area (Å²) < 4.78 is 6.04. The van der Waals surface area contributed by atoms with Crippen molar-refractivity contribution in [1.29, 1.82) is 0 Å². The van der Waals surface area contributed by atoms with Crippen molar-refractivity contribution in [3.8, 4) is 5.75 Å². The summed E-state index contributed by atoms with van der Waals surface area (Å²) in [5.74, 6) is 0.568. The number of nitrogens with zero attached hydrogens (tertiary/aromatic N) is 3. The van der Waals surface area contributed by atoms with E-state index in [-0.39, 0.29) is 17.9 Å². The van der Waals surface area contributed by atoms with Gasteiger partial charge >= 0.3 is 0 Å². The van der Waals surface area contributed by atoms with Crippen LogP contribution in [0.1, 0.15) is 29.9 Å². The van der Waals surface area contributed by atoms with Crippen molar-refractivity contribution in [2.75, 3.05) is 19.6 Å². The number of H-pyrrole nitrogens is 1. The number of nitrogens with one attached hydrogen (secondary N) is 1. The van der Waals surface area contributed by atoms with E-state index in [2.05, 4.69) is 10.2 Å². The molecule has 0 aliphatic carbocycles. The van der Waals surface area contributed by atoms with Gasteiger partial charge in [0, 0.05) is 36.9 Å². The largest absolute Gasteiger partial charge is 0.480 e. The van der Waals surface area contributed by atoms with Crippen molar-refractivity contribution in [2.24, 2.45) is 0 Å². The van der Waals surface area contributed by atoms with Crippen LogP contribution in [0.3, 0.4) is 0 Å². The van der Waals surface area contributed by atoms with Gasteiger partial charge in [0.25, 0.3) is 11.8 Å². The van der Waals surface area contributed by atoms with Gasteiger partial charge in [-0.25, -0.2) is 0 Å². The van der Waals surface area contributed by atoms with Gasteiger partial charge in [-0.2, -0.15) is 5.10 Å². The van der Waals surface area contributed by atoms with Gasteiger partial charge in [0.2, 0.25) is 0 Å². The molecule has 1 aromatic heterocycles. The Hall–Kier alpha value is -3.35. The molecule has 0 saturated carbocycles. The molecule has 0 spiro atoms. The smallest absolute Gasteiger partial charge is 0.263 e. The molecule has 4 rings (SSSR count). The van der Waals surface area contributed by atoms with Crippen LogP contribution in [0.2, 0.25) is 0 Å². The number of amides is 2. The number of piperazine rings is 1. The van der Waals surface area contributed by atoms with Crippen LogP contribution in [0.25, 0.3) is 10.9 Å². The number of benzene rings is 2. The third-order valence-electron chi connectivity index (χ3n) is 5.59. The number of hydrogen-bond acceptors (Lipinski definition) is 4. The fraction of sp³-hybridized carbons (Fsp3) is 0.348. The fourth-order valence-electron chi connectivity index (χ4n) is 3.99. The molecular weight excluding hydrogens is 380 g/mol. The number of ether oxygens (including phenoxy) is 1. The number of aromatic amines is 1. The number of aromatic nitrogens is 2. The molecule has 30 heavy (non-hydrogen) atoms.